The van der Waals surface area contributed by atoms with Crippen molar-refractivity contribution in [2.45, 2.75) is 32.1 Å². The number of carbonyl (C=O) groups excluding carboxylic acids is 1. The molecule has 0 aliphatic heterocycles. The number of hydrogen-bond acceptors (Lipinski definition) is 3. The normalized spacial score (nSPS) is 18.2. The van der Waals surface area contributed by atoms with Gasteiger partial charge in [0.2, 0.25) is 0 Å². The van der Waals surface area contributed by atoms with Gasteiger partial charge < -0.3 is 9.84 Å². The zero-order valence-corrected chi connectivity index (χ0v) is 12.0. The van der Waals surface area contributed by atoms with E-state index in [2.05, 4.69) is 0 Å². The van der Waals surface area contributed by atoms with Gasteiger partial charge in [-0.2, -0.15) is 0 Å². The van der Waals surface area contributed by atoms with E-state index in [1.165, 1.54) is 25.3 Å². The number of aliphatic carboxylic acids is 1. The lowest BCUT2D eigenvalue weighted by atomic mass is 9.70. The molecule has 1 aromatic rings. The molecule has 0 heterocycles. The van der Waals surface area contributed by atoms with E-state index in [-0.39, 0.29) is 17.9 Å². The molecule has 1 saturated carbocycles. The summed E-state index contributed by atoms with van der Waals surface area (Å²) in [5.41, 5.74) is -1.47. The molecule has 1 aliphatic carbocycles. The van der Waals surface area contributed by atoms with E-state index in [4.69, 9.17) is 4.74 Å². The average molecular weight is 294 g/mol. The van der Waals surface area contributed by atoms with E-state index in [1.54, 1.807) is 6.07 Å². The Labute approximate surface area is 122 Å². The summed E-state index contributed by atoms with van der Waals surface area (Å²) in [6, 6.07) is 5.96. The Morgan fingerprint density at radius 1 is 1.33 bits per heavy atom. The van der Waals surface area contributed by atoms with Crippen LogP contribution in [0.4, 0.5) is 4.39 Å². The maximum atomic E-state index is 13.9. The number of benzene rings is 1. The van der Waals surface area contributed by atoms with Crippen LogP contribution in [0.25, 0.3) is 0 Å². The highest BCUT2D eigenvalue weighted by molar-refractivity contribution is 6.00. The molecule has 21 heavy (non-hydrogen) atoms. The zero-order valence-electron chi connectivity index (χ0n) is 12.0. The van der Waals surface area contributed by atoms with E-state index in [9.17, 15) is 19.1 Å². The Morgan fingerprint density at radius 2 is 1.95 bits per heavy atom. The number of rotatable bonds is 5. The van der Waals surface area contributed by atoms with Gasteiger partial charge in [-0.25, -0.2) is 4.39 Å². The molecule has 0 spiro atoms. The van der Waals surface area contributed by atoms with E-state index < -0.39 is 23.2 Å². The van der Waals surface area contributed by atoms with Crippen molar-refractivity contribution in [2.24, 2.45) is 11.3 Å². The van der Waals surface area contributed by atoms with Gasteiger partial charge in [0.1, 0.15) is 5.82 Å². The molecule has 1 N–H and O–H groups in total. The van der Waals surface area contributed by atoms with Crippen molar-refractivity contribution in [1.82, 2.24) is 0 Å². The molecule has 114 valence electrons. The van der Waals surface area contributed by atoms with Crippen LogP contribution in [0.15, 0.2) is 24.3 Å². The fourth-order valence-corrected chi connectivity index (χ4v) is 3.26. The van der Waals surface area contributed by atoms with Gasteiger partial charge >= 0.3 is 11.9 Å². The van der Waals surface area contributed by atoms with Crippen LogP contribution in [0.3, 0.4) is 0 Å². The number of ether oxygens (including phenoxy) is 1. The second kappa shape index (κ2) is 6.24. The number of esters is 1. The summed E-state index contributed by atoms with van der Waals surface area (Å²) in [4.78, 5) is 24.2. The van der Waals surface area contributed by atoms with Crippen LogP contribution < -0.4 is 0 Å². The third kappa shape index (κ3) is 2.77. The van der Waals surface area contributed by atoms with Crippen LogP contribution in [0.1, 0.15) is 31.2 Å². The maximum absolute atomic E-state index is 13.9. The lowest BCUT2D eigenvalue weighted by Crippen LogP contribution is -2.47. The summed E-state index contributed by atoms with van der Waals surface area (Å²) in [6.45, 7) is 0. The van der Waals surface area contributed by atoms with Crippen molar-refractivity contribution in [3.63, 3.8) is 0 Å². The first-order valence-corrected chi connectivity index (χ1v) is 7.07. The molecule has 0 aromatic heterocycles. The topological polar surface area (TPSA) is 63.6 Å². The molecule has 2 rings (SSSR count). The third-order valence-corrected chi connectivity index (χ3v) is 4.41. The van der Waals surface area contributed by atoms with Crippen molar-refractivity contribution in [3.05, 3.63) is 35.6 Å². The Kier molecular flexibility index (Phi) is 4.60. The molecule has 0 bridgehead atoms. The van der Waals surface area contributed by atoms with Crippen LogP contribution in [0.2, 0.25) is 0 Å². The van der Waals surface area contributed by atoms with Crippen molar-refractivity contribution >= 4 is 11.9 Å². The molecule has 1 aromatic carbocycles. The van der Waals surface area contributed by atoms with E-state index in [1.807, 2.05) is 0 Å². The quantitative estimate of drug-likeness (QED) is 0.670. The molecule has 0 saturated heterocycles. The van der Waals surface area contributed by atoms with E-state index >= 15 is 0 Å². The van der Waals surface area contributed by atoms with E-state index in [0.29, 0.717) is 12.8 Å². The van der Waals surface area contributed by atoms with Crippen molar-refractivity contribution in [3.8, 4) is 0 Å². The number of carbonyl (C=O) groups is 2. The highest BCUT2D eigenvalue weighted by atomic mass is 19.1. The van der Waals surface area contributed by atoms with Gasteiger partial charge in [-0.3, -0.25) is 9.59 Å². The first-order valence-electron chi connectivity index (χ1n) is 7.07. The summed E-state index contributed by atoms with van der Waals surface area (Å²) < 4.78 is 18.7. The molecule has 5 heteroatoms. The Balaban J connectivity index is 2.46. The van der Waals surface area contributed by atoms with Gasteiger partial charge in [-0.15, -0.1) is 0 Å². The highest BCUT2D eigenvalue weighted by Crippen LogP contribution is 2.44. The van der Waals surface area contributed by atoms with Gasteiger partial charge in [0.25, 0.3) is 0 Å². The van der Waals surface area contributed by atoms with Crippen molar-refractivity contribution in [2.75, 3.05) is 7.11 Å². The highest BCUT2D eigenvalue weighted by Gasteiger charge is 2.54. The summed E-state index contributed by atoms with van der Waals surface area (Å²) >= 11 is 0. The first-order chi connectivity index (χ1) is 10.0. The third-order valence-electron chi connectivity index (χ3n) is 4.41. The molecular weight excluding hydrogens is 275 g/mol. The predicted octanol–water partition coefficient (Wildman–Crippen LogP) is 2.80. The monoisotopic (exact) mass is 294 g/mol. The Hall–Kier alpha value is -1.91. The standard InChI is InChI=1S/C16H19FO4/c1-21-15(20)16(14(18)19,12-7-3-4-8-12)10-11-6-2-5-9-13(11)17/h2,5-6,9,12H,3-4,7-8,10H2,1H3,(H,18,19). The number of halogens is 1. The molecular formula is C16H19FO4. The first kappa shape index (κ1) is 15.5. The van der Waals surface area contributed by atoms with Crippen LogP contribution in [0.5, 0.6) is 0 Å². The Morgan fingerprint density at radius 3 is 2.48 bits per heavy atom. The Bertz CT molecular complexity index is 537. The fraction of sp³-hybridized carbons (Fsp3) is 0.500. The number of carboxylic acid groups (broad SMARTS) is 1. The molecule has 1 unspecified atom stereocenters. The smallest absolute Gasteiger partial charge is 0.323 e. The summed E-state index contributed by atoms with van der Waals surface area (Å²) in [5, 5.41) is 9.71. The van der Waals surface area contributed by atoms with Crippen molar-refractivity contribution in [1.29, 1.82) is 0 Å². The van der Waals surface area contributed by atoms with Crippen LogP contribution >= 0.6 is 0 Å². The predicted molar refractivity (Wildman–Crippen MR) is 74.1 cm³/mol. The second-order valence-corrected chi connectivity index (χ2v) is 5.52. The molecule has 1 aliphatic rings. The van der Waals surface area contributed by atoms with Gasteiger partial charge in [0.05, 0.1) is 7.11 Å². The largest absolute Gasteiger partial charge is 0.480 e. The SMILES string of the molecule is COC(=O)C(Cc1ccccc1F)(C(=O)O)C1CCCC1. The minimum absolute atomic E-state index is 0.174. The van der Waals surface area contributed by atoms with Crippen molar-refractivity contribution < 1.29 is 23.8 Å². The van der Waals surface area contributed by atoms with Crippen LogP contribution in [-0.4, -0.2) is 24.2 Å². The molecule has 0 amide bonds. The fourth-order valence-electron chi connectivity index (χ4n) is 3.26. The van der Waals surface area contributed by atoms with Gasteiger partial charge in [0.15, 0.2) is 5.41 Å². The molecule has 4 nitrogen and oxygen atoms in total. The molecule has 0 radical (unpaired) electrons. The van der Waals surface area contributed by atoms with E-state index in [0.717, 1.165) is 12.8 Å². The molecule has 1 fully saturated rings. The van der Waals surface area contributed by atoms with Crippen LogP contribution in [-0.2, 0) is 20.7 Å². The lowest BCUT2D eigenvalue weighted by molar-refractivity contribution is -0.171. The number of methoxy groups -OCH3 is 1. The zero-order chi connectivity index (χ0) is 15.5. The van der Waals surface area contributed by atoms with Crippen LogP contribution in [0, 0.1) is 17.2 Å². The van der Waals surface area contributed by atoms with Gasteiger partial charge in [0, 0.05) is 6.42 Å². The second-order valence-electron chi connectivity index (χ2n) is 5.52. The summed E-state index contributed by atoms with van der Waals surface area (Å²) in [6.07, 6.45) is 2.89. The van der Waals surface area contributed by atoms with Gasteiger partial charge in [-0.1, -0.05) is 31.0 Å². The average Bonchev–Trinajstić information content (AvgIpc) is 3.00. The summed E-state index contributed by atoms with van der Waals surface area (Å²) in [7, 11) is 1.18. The number of carboxylic acids is 1. The minimum Gasteiger partial charge on any atom is -0.480 e. The lowest BCUT2D eigenvalue weighted by Gasteiger charge is -2.32. The maximum Gasteiger partial charge on any atom is 0.323 e. The summed E-state index contributed by atoms with van der Waals surface area (Å²) in [5.74, 6) is -2.83. The minimum atomic E-state index is -1.70. The molecule has 1 atom stereocenters. The number of hydrogen-bond donors (Lipinski definition) is 1. The van der Waals surface area contributed by atoms with Gasteiger partial charge in [-0.05, 0) is 30.4 Å².